The van der Waals surface area contributed by atoms with Crippen LogP contribution in [0, 0.1) is 24.7 Å². The van der Waals surface area contributed by atoms with E-state index in [2.05, 4.69) is 47.3 Å². The second-order valence-electron chi connectivity index (χ2n) is 6.85. The minimum absolute atomic E-state index is 0.262. The summed E-state index contributed by atoms with van der Waals surface area (Å²) in [5, 5.41) is 8.62. The first-order chi connectivity index (χ1) is 12.3. The monoisotopic (exact) mass is 337 g/mol. The summed E-state index contributed by atoms with van der Waals surface area (Å²) < 4.78 is 12.8. The highest BCUT2D eigenvalue weighted by Gasteiger charge is 2.16. The van der Waals surface area contributed by atoms with Crippen molar-refractivity contribution < 1.29 is 9.47 Å². The molecule has 0 aliphatic carbocycles. The van der Waals surface area contributed by atoms with Gasteiger partial charge in [-0.15, -0.1) is 5.10 Å². The van der Waals surface area contributed by atoms with Gasteiger partial charge in [-0.05, 0) is 43.9 Å². The molecule has 2 aliphatic heterocycles. The smallest absolute Gasteiger partial charge is 0.113 e. The fourth-order valence-corrected chi connectivity index (χ4v) is 3.20. The highest BCUT2D eigenvalue weighted by Crippen LogP contribution is 2.23. The second kappa shape index (κ2) is 7.38. The van der Waals surface area contributed by atoms with Crippen molar-refractivity contribution in [1.82, 2.24) is 15.0 Å². The largest absolute Gasteiger partial charge is 0.379 e. The number of hydrogen-bond donors (Lipinski definition) is 0. The van der Waals surface area contributed by atoms with Gasteiger partial charge in [0.25, 0.3) is 0 Å². The summed E-state index contributed by atoms with van der Waals surface area (Å²) in [4.78, 5) is 0. The molecule has 130 valence electrons. The number of nitrogens with zero attached hydrogens (tertiary/aromatic N) is 3. The standard InChI is InChI=1S/C20H23N3O2/c1-15-10-16(5-6-17-13-24-14-17)7-8-19(15)20-12-23(22-21-20)11-18-4-2-3-9-25-18/h7-8,10,12,17-18H,2-4,9,11,13-14H2,1H3. The third-order valence-electron chi connectivity index (χ3n) is 4.76. The lowest BCUT2D eigenvalue weighted by atomic mass is 10.0. The summed E-state index contributed by atoms with van der Waals surface area (Å²) >= 11 is 0. The number of aromatic nitrogens is 3. The molecule has 0 amide bonds. The highest BCUT2D eigenvalue weighted by molar-refractivity contribution is 5.64. The topological polar surface area (TPSA) is 49.2 Å². The molecule has 0 N–H and O–H groups in total. The van der Waals surface area contributed by atoms with Crippen LogP contribution in [-0.2, 0) is 16.0 Å². The van der Waals surface area contributed by atoms with E-state index in [9.17, 15) is 0 Å². The van der Waals surface area contributed by atoms with Gasteiger partial charge in [0.05, 0.1) is 38.0 Å². The summed E-state index contributed by atoms with van der Waals surface area (Å²) in [7, 11) is 0. The van der Waals surface area contributed by atoms with E-state index in [-0.39, 0.29) is 6.10 Å². The Hall–Kier alpha value is -2.16. The van der Waals surface area contributed by atoms with Gasteiger partial charge in [-0.3, -0.25) is 0 Å². The lowest BCUT2D eigenvalue weighted by Crippen LogP contribution is -2.25. The van der Waals surface area contributed by atoms with Crippen molar-refractivity contribution in [3.63, 3.8) is 0 Å². The highest BCUT2D eigenvalue weighted by atomic mass is 16.5. The maximum atomic E-state index is 5.78. The summed E-state index contributed by atoms with van der Waals surface area (Å²) in [5.74, 6) is 6.88. The first kappa shape index (κ1) is 16.3. The number of ether oxygens (including phenoxy) is 2. The summed E-state index contributed by atoms with van der Waals surface area (Å²) in [6.45, 7) is 5.26. The molecule has 5 heteroatoms. The minimum Gasteiger partial charge on any atom is -0.379 e. The Morgan fingerprint density at radius 3 is 2.92 bits per heavy atom. The van der Waals surface area contributed by atoms with Gasteiger partial charge < -0.3 is 9.47 Å². The van der Waals surface area contributed by atoms with Gasteiger partial charge in [0.1, 0.15) is 5.69 Å². The van der Waals surface area contributed by atoms with E-state index in [4.69, 9.17) is 9.47 Å². The van der Waals surface area contributed by atoms with E-state index in [1.807, 2.05) is 10.9 Å². The molecule has 0 bridgehead atoms. The van der Waals surface area contributed by atoms with Crippen LogP contribution in [0.5, 0.6) is 0 Å². The van der Waals surface area contributed by atoms with E-state index >= 15 is 0 Å². The Morgan fingerprint density at radius 2 is 2.20 bits per heavy atom. The van der Waals surface area contributed by atoms with Crippen molar-refractivity contribution in [3.8, 4) is 23.1 Å². The number of benzene rings is 1. The van der Waals surface area contributed by atoms with Crippen molar-refractivity contribution in [2.45, 2.75) is 38.8 Å². The van der Waals surface area contributed by atoms with E-state index in [0.717, 1.165) is 55.2 Å². The first-order valence-corrected chi connectivity index (χ1v) is 9.00. The maximum Gasteiger partial charge on any atom is 0.113 e. The zero-order valence-corrected chi connectivity index (χ0v) is 14.6. The zero-order valence-electron chi connectivity index (χ0n) is 14.6. The molecule has 25 heavy (non-hydrogen) atoms. The van der Waals surface area contributed by atoms with Crippen LogP contribution in [0.15, 0.2) is 24.4 Å². The van der Waals surface area contributed by atoms with Crippen LogP contribution in [0.2, 0.25) is 0 Å². The van der Waals surface area contributed by atoms with E-state index in [1.165, 1.54) is 12.8 Å². The molecular formula is C20H23N3O2. The van der Waals surface area contributed by atoms with Gasteiger partial charge >= 0.3 is 0 Å². The number of aryl methyl sites for hydroxylation is 1. The van der Waals surface area contributed by atoms with Gasteiger partial charge in [-0.1, -0.05) is 23.1 Å². The van der Waals surface area contributed by atoms with Crippen LogP contribution in [0.3, 0.4) is 0 Å². The van der Waals surface area contributed by atoms with Crippen LogP contribution < -0.4 is 0 Å². The fourth-order valence-electron chi connectivity index (χ4n) is 3.20. The Morgan fingerprint density at radius 1 is 1.28 bits per heavy atom. The molecule has 5 nitrogen and oxygen atoms in total. The number of rotatable bonds is 3. The molecule has 0 spiro atoms. The van der Waals surface area contributed by atoms with Crippen molar-refractivity contribution in [2.75, 3.05) is 19.8 Å². The van der Waals surface area contributed by atoms with Crippen LogP contribution in [0.1, 0.15) is 30.4 Å². The maximum absolute atomic E-state index is 5.78. The molecule has 0 radical (unpaired) electrons. The molecule has 2 saturated heterocycles. The molecule has 4 rings (SSSR count). The first-order valence-electron chi connectivity index (χ1n) is 9.00. The molecule has 3 heterocycles. The third kappa shape index (κ3) is 3.92. The minimum atomic E-state index is 0.262. The van der Waals surface area contributed by atoms with Crippen LogP contribution in [0.25, 0.3) is 11.3 Å². The van der Waals surface area contributed by atoms with Gasteiger partial charge in [-0.25, -0.2) is 4.68 Å². The van der Waals surface area contributed by atoms with Gasteiger partial charge in [0, 0.05) is 17.7 Å². The van der Waals surface area contributed by atoms with Gasteiger partial charge in [0.15, 0.2) is 0 Å². The molecule has 1 aromatic heterocycles. The Labute approximate surface area is 148 Å². The lowest BCUT2D eigenvalue weighted by molar-refractivity contribution is -0.00300. The summed E-state index contributed by atoms with van der Waals surface area (Å²) in [5.41, 5.74) is 4.21. The van der Waals surface area contributed by atoms with Crippen molar-refractivity contribution in [3.05, 3.63) is 35.5 Å². The van der Waals surface area contributed by atoms with Crippen molar-refractivity contribution in [1.29, 1.82) is 0 Å². The normalized spacial score (nSPS) is 20.6. The Balaban J connectivity index is 1.46. The molecular weight excluding hydrogens is 314 g/mol. The van der Waals surface area contributed by atoms with Gasteiger partial charge in [0.2, 0.25) is 0 Å². The Bertz CT molecular complexity index is 793. The van der Waals surface area contributed by atoms with E-state index in [1.54, 1.807) is 0 Å². The zero-order chi connectivity index (χ0) is 17.1. The molecule has 1 aromatic carbocycles. The summed E-state index contributed by atoms with van der Waals surface area (Å²) in [6, 6.07) is 6.26. The van der Waals surface area contributed by atoms with E-state index in [0.29, 0.717) is 5.92 Å². The molecule has 1 unspecified atom stereocenters. The predicted molar refractivity (Wildman–Crippen MR) is 95.0 cm³/mol. The van der Waals surface area contributed by atoms with Crippen molar-refractivity contribution >= 4 is 0 Å². The molecule has 2 aliphatic rings. The molecule has 0 saturated carbocycles. The predicted octanol–water partition coefficient (Wildman–Crippen LogP) is 2.82. The number of hydrogen-bond acceptors (Lipinski definition) is 4. The average Bonchev–Trinajstić information content (AvgIpc) is 3.03. The lowest BCUT2D eigenvalue weighted by Gasteiger charge is -2.21. The quantitative estimate of drug-likeness (QED) is 0.808. The third-order valence-corrected chi connectivity index (χ3v) is 4.76. The van der Waals surface area contributed by atoms with Crippen molar-refractivity contribution in [2.24, 2.45) is 5.92 Å². The van der Waals surface area contributed by atoms with Crippen LogP contribution in [0.4, 0.5) is 0 Å². The Kier molecular flexibility index (Phi) is 4.82. The van der Waals surface area contributed by atoms with Crippen LogP contribution >= 0.6 is 0 Å². The average molecular weight is 337 g/mol. The van der Waals surface area contributed by atoms with E-state index < -0.39 is 0 Å². The fraction of sp³-hybridized carbons (Fsp3) is 0.500. The SMILES string of the molecule is Cc1cc(C#CC2COC2)ccc1-c1cn(CC2CCCCO2)nn1. The van der Waals surface area contributed by atoms with Gasteiger partial charge in [-0.2, -0.15) is 0 Å². The van der Waals surface area contributed by atoms with Crippen LogP contribution in [-0.4, -0.2) is 40.9 Å². The second-order valence-corrected chi connectivity index (χ2v) is 6.85. The molecule has 2 fully saturated rings. The summed E-state index contributed by atoms with van der Waals surface area (Å²) in [6.07, 6.45) is 5.78. The molecule has 2 aromatic rings. The molecule has 1 atom stereocenters.